The topological polar surface area (TPSA) is 43.8 Å². The second-order valence-corrected chi connectivity index (χ2v) is 5.83. The zero-order valence-electron chi connectivity index (χ0n) is 10.3. The third-order valence-electron chi connectivity index (χ3n) is 3.75. The lowest BCUT2D eigenvalue weighted by molar-refractivity contribution is 0.329. The van der Waals surface area contributed by atoms with Crippen molar-refractivity contribution in [3.05, 3.63) is 16.4 Å². The SMILES string of the molecule is Cc1nn(C)c(Cl)c1CC1(C)CCC(N)C1. The van der Waals surface area contributed by atoms with Gasteiger partial charge in [0.1, 0.15) is 5.15 Å². The minimum Gasteiger partial charge on any atom is -0.328 e. The number of rotatable bonds is 2. The summed E-state index contributed by atoms with van der Waals surface area (Å²) in [5, 5.41) is 5.13. The molecule has 0 spiro atoms. The van der Waals surface area contributed by atoms with Gasteiger partial charge in [0.2, 0.25) is 0 Å². The van der Waals surface area contributed by atoms with Crippen LogP contribution in [0.4, 0.5) is 0 Å². The van der Waals surface area contributed by atoms with Gasteiger partial charge in [0.05, 0.1) is 5.69 Å². The maximum Gasteiger partial charge on any atom is 0.130 e. The molecule has 90 valence electrons. The van der Waals surface area contributed by atoms with Crippen molar-refractivity contribution in [3.63, 3.8) is 0 Å². The van der Waals surface area contributed by atoms with Crippen molar-refractivity contribution in [2.24, 2.45) is 18.2 Å². The molecule has 2 N–H and O–H groups in total. The second kappa shape index (κ2) is 4.04. The third-order valence-corrected chi connectivity index (χ3v) is 4.22. The van der Waals surface area contributed by atoms with Crippen LogP contribution in [0.25, 0.3) is 0 Å². The zero-order valence-corrected chi connectivity index (χ0v) is 11.0. The molecular formula is C12H20ClN3. The van der Waals surface area contributed by atoms with E-state index in [1.807, 2.05) is 14.0 Å². The molecule has 16 heavy (non-hydrogen) atoms. The molecule has 0 aliphatic heterocycles. The predicted octanol–water partition coefficient (Wildman–Crippen LogP) is 2.44. The summed E-state index contributed by atoms with van der Waals surface area (Å²) in [6, 6.07) is 0.362. The van der Waals surface area contributed by atoms with E-state index in [0.717, 1.165) is 30.1 Å². The van der Waals surface area contributed by atoms with Gasteiger partial charge in [0.25, 0.3) is 0 Å². The van der Waals surface area contributed by atoms with Crippen LogP contribution in [0.1, 0.15) is 37.4 Å². The molecule has 4 heteroatoms. The summed E-state index contributed by atoms with van der Waals surface area (Å²) in [5.74, 6) is 0. The summed E-state index contributed by atoms with van der Waals surface area (Å²) in [6.07, 6.45) is 4.42. The van der Waals surface area contributed by atoms with Gasteiger partial charge in [0, 0.05) is 18.7 Å². The summed E-state index contributed by atoms with van der Waals surface area (Å²) in [5.41, 5.74) is 8.54. The molecule has 1 aliphatic carbocycles. The van der Waals surface area contributed by atoms with E-state index in [1.54, 1.807) is 4.68 Å². The summed E-state index contributed by atoms with van der Waals surface area (Å²) < 4.78 is 1.75. The Kier molecular flexibility index (Phi) is 3.01. The molecule has 0 aromatic carbocycles. The van der Waals surface area contributed by atoms with Gasteiger partial charge in [-0.25, -0.2) is 0 Å². The Labute approximate surface area is 102 Å². The Hall–Kier alpha value is -0.540. The molecule has 1 saturated carbocycles. The van der Waals surface area contributed by atoms with E-state index in [1.165, 1.54) is 12.0 Å². The number of nitrogens with two attached hydrogens (primary N) is 1. The Bertz CT molecular complexity index is 399. The summed E-state index contributed by atoms with van der Waals surface area (Å²) >= 11 is 6.26. The molecule has 1 fully saturated rings. The first-order valence-electron chi connectivity index (χ1n) is 5.85. The Morgan fingerprint density at radius 3 is 2.75 bits per heavy atom. The molecule has 1 aliphatic rings. The van der Waals surface area contributed by atoms with E-state index in [2.05, 4.69) is 12.0 Å². The molecule has 0 bridgehead atoms. The smallest absolute Gasteiger partial charge is 0.130 e. The van der Waals surface area contributed by atoms with Crippen molar-refractivity contribution < 1.29 is 0 Å². The zero-order chi connectivity index (χ0) is 11.9. The normalized spacial score (nSPS) is 29.9. The maximum absolute atomic E-state index is 6.26. The van der Waals surface area contributed by atoms with E-state index in [9.17, 15) is 0 Å². The number of halogens is 1. The molecule has 2 unspecified atom stereocenters. The minimum absolute atomic E-state index is 0.302. The molecule has 1 aromatic heterocycles. The fourth-order valence-corrected chi connectivity index (χ4v) is 3.07. The Morgan fingerprint density at radius 2 is 2.31 bits per heavy atom. The van der Waals surface area contributed by atoms with Gasteiger partial charge < -0.3 is 5.73 Å². The molecule has 0 radical (unpaired) electrons. The van der Waals surface area contributed by atoms with Crippen LogP contribution >= 0.6 is 11.6 Å². The highest BCUT2D eigenvalue weighted by atomic mass is 35.5. The summed E-state index contributed by atoms with van der Waals surface area (Å²) in [4.78, 5) is 0. The van der Waals surface area contributed by atoms with Crippen LogP contribution in [-0.2, 0) is 13.5 Å². The van der Waals surface area contributed by atoms with Gasteiger partial charge in [-0.1, -0.05) is 18.5 Å². The van der Waals surface area contributed by atoms with Crippen molar-refractivity contribution in [3.8, 4) is 0 Å². The van der Waals surface area contributed by atoms with E-state index < -0.39 is 0 Å². The van der Waals surface area contributed by atoms with Gasteiger partial charge in [-0.05, 0) is 38.0 Å². The molecule has 2 rings (SSSR count). The van der Waals surface area contributed by atoms with Crippen LogP contribution in [0, 0.1) is 12.3 Å². The molecule has 0 amide bonds. The standard InChI is InChI=1S/C12H20ClN3/c1-8-10(11(13)16(3)15-8)7-12(2)5-4-9(14)6-12/h9H,4-7,14H2,1-3H3. The van der Waals surface area contributed by atoms with Gasteiger partial charge in [-0.2, -0.15) is 5.10 Å². The van der Waals surface area contributed by atoms with Crippen LogP contribution in [-0.4, -0.2) is 15.8 Å². The van der Waals surface area contributed by atoms with Gasteiger partial charge in [-0.3, -0.25) is 4.68 Å². The van der Waals surface area contributed by atoms with Gasteiger partial charge in [0.15, 0.2) is 0 Å². The van der Waals surface area contributed by atoms with Gasteiger partial charge >= 0.3 is 0 Å². The van der Waals surface area contributed by atoms with Crippen molar-refractivity contribution in [1.82, 2.24) is 9.78 Å². The van der Waals surface area contributed by atoms with E-state index in [-0.39, 0.29) is 0 Å². The third kappa shape index (κ3) is 2.11. The van der Waals surface area contributed by atoms with Crippen LogP contribution in [0.15, 0.2) is 0 Å². The van der Waals surface area contributed by atoms with Crippen LogP contribution < -0.4 is 5.73 Å². The molecule has 1 aromatic rings. The lowest BCUT2D eigenvalue weighted by atomic mass is 9.82. The molecular weight excluding hydrogens is 222 g/mol. The second-order valence-electron chi connectivity index (χ2n) is 5.47. The fourth-order valence-electron chi connectivity index (χ4n) is 2.83. The fraction of sp³-hybridized carbons (Fsp3) is 0.750. The molecule has 0 saturated heterocycles. The maximum atomic E-state index is 6.26. The number of hydrogen-bond acceptors (Lipinski definition) is 2. The quantitative estimate of drug-likeness (QED) is 0.865. The monoisotopic (exact) mass is 241 g/mol. The van der Waals surface area contributed by atoms with Crippen molar-refractivity contribution in [1.29, 1.82) is 0 Å². The van der Waals surface area contributed by atoms with Crippen molar-refractivity contribution in [2.45, 2.75) is 45.6 Å². The number of hydrogen-bond donors (Lipinski definition) is 1. The lowest BCUT2D eigenvalue weighted by Gasteiger charge is -2.23. The van der Waals surface area contributed by atoms with Crippen molar-refractivity contribution >= 4 is 11.6 Å². The number of aromatic nitrogens is 2. The van der Waals surface area contributed by atoms with Crippen LogP contribution in [0.3, 0.4) is 0 Å². The van der Waals surface area contributed by atoms with E-state index in [0.29, 0.717) is 11.5 Å². The molecule has 2 atom stereocenters. The number of aryl methyl sites for hydroxylation is 2. The summed E-state index contributed by atoms with van der Waals surface area (Å²) in [7, 11) is 1.89. The van der Waals surface area contributed by atoms with Crippen LogP contribution in [0.5, 0.6) is 0 Å². The van der Waals surface area contributed by atoms with Crippen molar-refractivity contribution in [2.75, 3.05) is 0 Å². The Morgan fingerprint density at radius 1 is 1.62 bits per heavy atom. The first kappa shape index (κ1) is 11.9. The molecule has 1 heterocycles. The average molecular weight is 242 g/mol. The number of nitrogens with zero attached hydrogens (tertiary/aromatic N) is 2. The highest BCUT2D eigenvalue weighted by molar-refractivity contribution is 6.30. The van der Waals surface area contributed by atoms with E-state index >= 15 is 0 Å². The first-order chi connectivity index (χ1) is 7.41. The Balaban J connectivity index is 2.21. The largest absolute Gasteiger partial charge is 0.328 e. The predicted molar refractivity (Wildman–Crippen MR) is 66.6 cm³/mol. The lowest BCUT2D eigenvalue weighted by Crippen LogP contribution is -2.21. The highest BCUT2D eigenvalue weighted by Crippen LogP contribution is 2.41. The van der Waals surface area contributed by atoms with Crippen LogP contribution in [0.2, 0.25) is 5.15 Å². The minimum atomic E-state index is 0.302. The first-order valence-corrected chi connectivity index (χ1v) is 6.23. The van der Waals surface area contributed by atoms with E-state index in [4.69, 9.17) is 17.3 Å². The average Bonchev–Trinajstić information content (AvgIpc) is 2.63. The van der Waals surface area contributed by atoms with Gasteiger partial charge in [-0.15, -0.1) is 0 Å². The summed E-state index contributed by atoms with van der Waals surface area (Å²) in [6.45, 7) is 4.34. The highest BCUT2D eigenvalue weighted by Gasteiger charge is 2.34. The molecule has 3 nitrogen and oxygen atoms in total.